The van der Waals surface area contributed by atoms with Crippen molar-refractivity contribution in [1.82, 2.24) is 9.78 Å². The summed E-state index contributed by atoms with van der Waals surface area (Å²) in [6.45, 7) is 4.03. The number of amides is 1. The molecule has 0 spiro atoms. The van der Waals surface area contributed by atoms with E-state index in [-0.39, 0.29) is 5.91 Å². The number of benzene rings is 2. The van der Waals surface area contributed by atoms with Gasteiger partial charge in [0.1, 0.15) is 4.83 Å². The standard InChI is InChI=1S/C21H18ClN3OS/c1-3-14-6-4-5-7-18(14)23-20(26)19-12-17-13(2)24-25(21(17)27-19)16-10-8-15(22)9-11-16/h4-12H,3H2,1-2H3,(H,23,26). The van der Waals surface area contributed by atoms with E-state index >= 15 is 0 Å². The first kappa shape index (κ1) is 17.8. The van der Waals surface area contributed by atoms with Crippen LogP contribution in [0.15, 0.2) is 54.6 Å². The van der Waals surface area contributed by atoms with Crippen LogP contribution in [0.2, 0.25) is 5.02 Å². The van der Waals surface area contributed by atoms with Crippen molar-refractivity contribution in [3.63, 3.8) is 0 Å². The minimum absolute atomic E-state index is 0.0980. The highest BCUT2D eigenvalue weighted by Crippen LogP contribution is 2.31. The third-order valence-corrected chi connectivity index (χ3v) is 5.85. The zero-order valence-corrected chi connectivity index (χ0v) is 16.6. The molecule has 0 aliphatic heterocycles. The van der Waals surface area contributed by atoms with Gasteiger partial charge in [-0.05, 0) is 55.3 Å². The van der Waals surface area contributed by atoms with Crippen molar-refractivity contribution >= 4 is 44.7 Å². The molecule has 0 atom stereocenters. The lowest BCUT2D eigenvalue weighted by molar-refractivity contribution is 0.103. The first-order valence-corrected chi connectivity index (χ1v) is 9.90. The third-order valence-electron chi connectivity index (χ3n) is 4.49. The van der Waals surface area contributed by atoms with Crippen LogP contribution in [0.4, 0.5) is 5.69 Å². The Balaban J connectivity index is 1.70. The monoisotopic (exact) mass is 395 g/mol. The van der Waals surface area contributed by atoms with Gasteiger partial charge in [0.25, 0.3) is 5.91 Å². The van der Waals surface area contributed by atoms with E-state index in [0.717, 1.165) is 39.3 Å². The van der Waals surface area contributed by atoms with Crippen LogP contribution in [0.25, 0.3) is 15.9 Å². The number of rotatable bonds is 4. The summed E-state index contributed by atoms with van der Waals surface area (Å²) in [6.07, 6.45) is 0.869. The van der Waals surface area contributed by atoms with Crippen molar-refractivity contribution < 1.29 is 4.79 Å². The minimum atomic E-state index is -0.0980. The molecule has 0 aliphatic rings. The van der Waals surface area contributed by atoms with E-state index in [2.05, 4.69) is 17.3 Å². The zero-order chi connectivity index (χ0) is 19.0. The number of carbonyl (C=O) groups excluding carboxylic acids is 1. The summed E-state index contributed by atoms with van der Waals surface area (Å²) in [5.74, 6) is -0.0980. The molecule has 1 N–H and O–H groups in total. The maximum atomic E-state index is 12.8. The Morgan fingerprint density at radius 3 is 2.67 bits per heavy atom. The Morgan fingerprint density at radius 1 is 1.19 bits per heavy atom. The summed E-state index contributed by atoms with van der Waals surface area (Å²) in [6, 6.07) is 17.3. The molecular formula is C21H18ClN3OS. The normalized spacial score (nSPS) is 11.1. The lowest BCUT2D eigenvalue weighted by Gasteiger charge is -2.08. The average molecular weight is 396 g/mol. The fourth-order valence-electron chi connectivity index (χ4n) is 3.05. The molecule has 0 fully saturated rings. The minimum Gasteiger partial charge on any atom is -0.321 e. The second kappa shape index (κ2) is 7.18. The summed E-state index contributed by atoms with van der Waals surface area (Å²) >= 11 is 7.43. The van der Waals surface area contributed by atoms with Crippen LogP contribution in [0.3, 0.4) is 0 Å². The van der Waals surface area contributed by atoms with Gasteiger partial charge in [-0.25, -0.2) is 4.68 Å². The average Bonchev–Trinajstić information content (AvgIpc) is 3.24. The van der Waals surface area contributed by atoms with Crippen LogP contribution in [-0.2, 0) is 6.42 Å². The summed E-state index contributed by atoms with van der Waals surface area (Å²) in [5, 5.41) is 9.32. The van der Waals surface area contributed by atoms with Gasteiger partial charge in [0, 0.05) is 16.1 Å². The first-order valence-electron chi connectivity index (χ1n) is 8.71. The quantitative estimate of drug-likeness (QED) is 0.470. The van der Waals surface area contributed by atoms with Gasteiger partial charge >= 0.3 is 0 Å². The van der Waals surface area contributed by atoms with Crippen LogP contribution in [0.1, 0.15) is 27.9 Å². The smallest absolute Gasteiger partial charge is 0.265 e. The van der Waals surface area contributed by atoms with Crippen molar-refractivity contribution in [1.29, 1.82) is 0 Å². The molecule has 2 heterocycles. The van der Waals surface area contributed by atoms with Gasteiger partial charge < -0.3 is 5.32 Å². The fourth-order valence-corrected chi connectivity index (χ4v) is 4.25. The lowest BCUT2D eigenvalue weighted by Crippen LogP contribution is -2.11. The number of halogens is 1. The molecule has 136 valence electrons. The first-order chi connectivity index (χ1) is 13.1. The van der Waals surface area contributed by atoms with Gasteiger partial charge in [-0.3, -0.25) is 4.79 Å². The fraction of sp³-hybridized carbons (Fsp3) is 0.143. The topological polar surface area (TPSA) is 46.9 Å². The maximum Gasteiger partial charge on any atom is 0.265 e. The number of thiophene rings is 1. The predicted molar refractivity (Wildman–Crippen MR) is 112 cm³/mol. The highest BCUT2D eigenvalue weighted by Gasteiger charge is 2.18. The molecule has 0 radical (unpaired) electrons. The molecule has 0 aliphatic carbocycles. The SMILES string of the molecule is CCc1ccccc1NC(=O)c1cc2c(C)nn(-c3ccc(Cl)cc3)c2s1. The lowest BCUT2D eigenvalue weighted by atomic mass is 10.1. The molecule has 27 heavy (non-hydrogen) atoms. The van der Waals surface area contributed by atoms with Gasteiger partial charge in [-0.2, -0.15) is 5.10 Å². The van der Waals surface area contributed by atoms with E-state index in [4.69, 9.17) is 11.6 Å². The van der Waals surface area contributed by atoms with Gasteiger partial charge in [0.15, 0.2) is 0 Å². The number of carbonyl (C=O) groups is 1. The summed E-state index contributed by atoms with van der Waals surface area (Å²) < 4.78 is 1.86. The molecule has 0 bridgehead atoms. The second-order valence-corrected chi connectivity index (χ2v) is 7.74. The molecule has 0 unspecified atom stereocenters. The molecule has 0 saturated carbocycles. The van der Waals surface area contributed by atoms with E-state index in [1.807, 2.05) is 66.2 Å². The van der Waals surface area contributed by atoms with E-state index in [9.17, 15) is 4.79 Å². The van der Waals surface area contributed by atoms with Crippen molar-refractivity contribution in [2.75, 3.05) is 5.32 Å². The molecule has 6 heteroatoms. The number of nitrogens with one attached hydrogen (secondary N) is 1. The molecular weight excluding hydrogens is 378 g/mol. The van der Waals surface area contributed by atoms with Gasteiger partial charge in [0.05, 0.1) is 16.3 Å². The van der Waals surface area contributed by atoms with Gasteiger partial charge in [0.2, 0.25) is 0 Å². The number of para-hydroxylation sites is 1. The molecule has 2 aromatic carbocycles. The number of nitrogens with zero attached hydrogens (tertiary/aromatic N) is 2. The van der Waals surface area contributed by atoms with Crippen LogP contribution >= 0.6 is 22.9 Å². The van der Waals surface area contributed by atoms with E-state index in [1.165, 1.54) is 11.3 Å². The maximum absolute atomic E-state index is 12.8. The molecule has 1 amide bonds. The van der Waals surface area contributed by atoms with E-state index in [0.29, 0.717) is 9.90 Å². The molecule has 2 aromatic heterocycles. The van der Waals surface area contributed by atoms with Crippen molar-refractivity contribution in [2.45, 2.75) is 20.3 Å². The van der Waals surface area contributed by atoms with Crippen molar-refractivity contribution in [2.24, 2.45) is 0 Å². The Bertz CT molecular complexity index is 1130. The predicted octanol–water partition coefficient (Wildman–Crippen LogP) is 5.86. The van der Waals surface area contributed by atoms with Crippen LogP contribution in [-0.4, -0.2) is 15.7 Å². The van der Waals surface area contributed by atoms with Crippen LogP contribution < -0.4 is 5.32 Å². The van der Waals surface area contributed by atoms with Crippen molar-refractivity contribution in [3.8, 4) is 5.69 Å². The van der Waals surface area contributed by atoms with E-state index in [1.54, 1.807) is 0 Å². The summed E-state index contributed by atoms with van der Waals surface area (Å²) in [4.78, 5) is 14.4. The number of aryl methyl sites for hydroxylation is 2. The number of aromatic nitrogens is 2. The molecule has 4 nitrogen and oxygen atoms in total. The largest absolute Gasteiger partial charge is 0.321 e. The Labute approximate surface area is 166 Å². The summed E-state index contributed by atoms with van der Waals surface area (Å²) in [5.41, 5.74) is 3.79. The second-order valence-electron chi connectivity index (χ2n) is 6.27. The number of anilines is 1. The van der Waals surface area contributed by atoms with Crippen LogP contribution in [0, 0.1) is 6.92 Å². The molecule has 4 rings (SSSR count). The molecule has 0 saturated heterocycles. The highest BCUT2D eigenvalue weighted by molar-refractivity contribution is 7.20. The third kappa shape index (κ3) is 3.36. The van der Waals surface area contributed by atoms with Gasteiger partial charge in [-0.1, -0.05) is 36.7 Å². The number of hydrogen-bond donors (Lipinski definition) is 1. The molecule has 4 aromatic rings. The van der Waals surface area contributed by atoms with E-state index < -0.39 is 0 Å². The van der Waals surface area contributed by atoms with Crippen molar-refractivity contribution in [3.05, 3.63) is 75.8 Å². The zero-order valence-electron chi connectivity index (χ0n) is 15.0. The number of fused-ring (bicyclic) bond motifs is 1. The Hall–Kier alpha value is -2.63. The number of hydrogen-bond acceptors (Lipinski definition) is 3. The van der Waals surface area contributed by atoms with Gasteiger partial charge in [-0.15, -0.1) is 11.3 Å². The van der Waals surface area contributed by atoms with Crippen LogP contribution in [0.5, 0.6) is 0 Å². The summed E-state index contributed by atoms with van der Waals surface area (Å²) in [7, 11) is 0. The Morgan fingerprint density at radius 2 is 1.93 bits per heavy atom. The highest BCUT2D eigenvalue weighted by atomic mass is 35.5. The Kier molecular flexibility index (Phi) is 4.72.